The maximum Gasteiger partial charge on any atom is 0.486 e. The Morgan fingerprint density at radius 2 is 1.51 bits per heavy atom. The van der Waals surface area contributed by atoms with Crippen LogP contribution in [-0.4, -0.2) is 112 Å². The van der Waals surface area contributed by atoms with Crippen molar-refractivity contribution < 1.29 is 53.1 Å². The molecule has 6 rings (SSSR count). The van der Waals surface area contributed by atoms with Crippen molar-refractivity contribution in [3.05, 3.63) is 35.9 Å². The first-order chi connectivity index (χ1) is 27.6. The van der Waals surface area contributed by atoms with Crippen LogP contribution in [0.1, 0.15) is 105 Å². The van der Waals surface area contributed by atoms with Crippen molar-refractivity contribution in [3.63, 3.8) is 0 Å². The van der Waals surface area contributed by atoms with Crippen LogP contribution in [0.5, 0.6) is 0 Å². The van der Waals surface area contributed by atoms with Crippen molar-refractivity contribution in [1.29, 1.82) is 0 Å². The summed E-state index contributed by atoms with van der Waals surface area (Å²) in [4.78, 5) is 92.5. The predicted molar refractivity (Wildman–Crippen MR) is 215 cm³/mol. The highest BCUT2D eigenvalue weighted by molar-refractivity contribution is 6.47. The average Bonchev–Trinajstić information content (AvgIpc) is 3.80. The molecule has 18 heteroatoms. The first-order valence-corrected chi connectivity index (χ1v) is 20.7. The molecule has 3 saturated carbocycles. The van der Waals surface area contributed by atoms with E-state index in [1.54, 1.807) is 27.7 Å². The summed E-state index contributed by atoms with van der Waals surface area (Å²) in [6.07, 6.45) is 1.18. The van der Waals surface area contributed by atoms with Gasteiger partial charge in [0, 0.05) is 13.0 Å². The van der Waals surface area contributed by atoms with E-state index < -0.39 is 109 Å². The topological polar surface area (TPSA) is 256 Å². The molecule has 0 radical (unpaired) electrons. The maximum absolute atomic E-state index is 14.3. The standard InChI is InChI=1S/C41H61BN6O11/c1-21(2)32(45-36(54)26(15-16-30(49)50)44-35(53)25(43)20-31(51)52)38(56)46-33(22(3)4)39(57)48-17-11-14-27(48)37(55)47-34(23-12-9-8-10-13-23)42-58-29-19-24-18-28(40(24,5)6)41(29,7)59-42/h8-10,12-13,21-22,24-29,32-34H,11,14-20,43H2,1-7H3,(H,44,53)(H,45,54)(H,46,56)(H,47,55)(H,49,50)(H,51,52)/t24-,25-,26-,27-,28+,29+,32-,33-,34-,41-/m0/s1. The van der Waals surface area contributed by atoms with E-state index in [9.17, 15) is 38.7 Å². The van der Waals surface area contributed by atoms with E-state index in [-0.39, 0.29) is 30.4 Å². The van der Waals surface area contributed by atoms with Crippen molar-refractivity contribution in [2.75, 3.05) is 6.54 Å². The number of nitrogens with two attached hydrogens (primary N) is 1. The van der Waals surface area contributed by atoms with Crippen LogP contribution in [-0.2, 0) is 42.9 Å². The first-order valence-electron chi connectivity index (χ1n) is 20.7. The van der Waals surface area contributed by atoms with E-state index in [1.165, 1.54) is 4.90 Å². The zero-order valence-electron chi connectivity index (χ0n) is 35.1. The molecule has 2 saturated heterocycles. The lowest BCUT2D eigenvalue weighted by atomic mass is 9.43. The summed E-state index contributed by atoms with van der Waals surface area (Å²) < 4.78 is 13.4. The largest absolute Gasteiger partial charge is 0.486 e. The number of carboxylic acid groups (broad SMARTS) is 2. The van der Waals surface area contributed by atoms with Gasteiger partial charge in [-0.25, -0.2) is 0 Å². The molecule has 3 aliphatic carbocycles. The number of rotatable bonds is 18. The van der Waals surface area contributed by atoms with Crippen LogP contribution >= 0.6 is 0 Å². The fourth-order valence-electron chi connectivity index (χ4n) is 9.38. The molecule has 5 fully saturated rings. The number of amides is 5. The molecule has 1 aromatic rings. The Balaban J connectivity index is 1.28. The number of likely N-dealkylation sites (tertiary alicyclic amines) is 1. The summed E-state index contributed by atoms with van der Waals surface area (Å²) in [5.74, 6) is -6.78. The van der Waals surface area contributed by atoms with Crippen molar-refractivity contribution in [1.82, 2.24) is 26.2 Å². The van der Waals surface area contributed by atoms with Gasteiger partial charge in [0.05, 0.1) is 30.1 Å². The molecule has 1 aromatic carbocycles. The zero-order chi connectivity index (χ0) is 43.6. The first kappa shape index (κ1) is 45.5. The Bertz CT molecular complexity index is 1760. The summed E-state index contributed by atoms with van der Waals surface area (Å²) >= 11 is 0. The number of carbonyl (C=O) groups is 7. The third-order valence-electron chi connectivity index (χ3n) is 13.0. The Labute approximate surface area is 345 Å². The third kappa shape index (κ3) is 9.92. The van der Waals surface area contributed by atoms with Gasteiger partial charge in [-0.15, -0.1) is 0 Å². The number of carbonyl (C=O) groups excluding carboxylic acids is 5. The summed E-state index contributed by atoms with van der Waals surface area (Å²) in [6, 6.07) is 3.36. The molecule has 5 amide bonds. The molecule has 2 bridgehead atoms. The van der Waals surface area contributed by atoms with E-state index in [0.717, 1.165) is 18.4 Å². The Morgan fingerprint density at radius 1 is 0.864 bits per heavy atom. The van der Waals surface area contributed by atoms with Crippen LogP contribution in [0.25, 0.3) is 0 Å². The smallest absolute Gasteiger partial charge is 0.481 e. The molecule has 17 nitrogen and oxygen atoms in total. The lowest BCUT2D eigenvalue weighted by molar-refractivity contribution is -0.199. The number of nitrogens with one attached hydrogen (secondary N) is 4. The van der Waals surface area contributed by atoms with Gasteiger partial charge in [0.1, 0.15) is 24.2 Å². The quantitative estimate of drug-likeness (QED) is 0.104. The molecular weight excluding hydrogens is 763 g/mol. The van der Waals surface area contributed by atoms with Gasteiger partial charge in [-0.05, 0) is 73.7 Å². The molecule has 324 valence electrons. The van der Waals surface area contributed by atoms with E-state index in [2.05, 4.69) is 42.0 Å². The number of benzene rings is 1. The monoisotopic (exact) mass is 824 g/mol. The second-order valence-corrected chi connectivity index (χ2v) is 18.1. The van der Waals surface area contributed by atoms with Crippen LogP contribution < -0.4 is 27.0 Å². The molecule has 0 unspecified atom stereocenters. The van der Waals surface area contributed by atoms with Crippen molar-refractivity contribution in [2.24, 2.45) is 34.8 Å². The minimum absolute atomic E-state index is 0.108. The zero-order valence-corrected chi connectivity index (χ0v) is 35.1. The fourth-order valence-corrected chi connectivity index (χ4v) is 9.38. The van der Waals surface area contributed by atoms with Crippen LogP contribution in [0.3, 0.4) is 0 Å². The lowest BCUT2D eigenvalue weighted by Gasteiger charge is -2.64. The van der Waals surface area contributed by atoms with Crippen LogP contribution in [0.15, 0.2) is 30.3 Å². The van der Waals surface area contributed by atoms with Gasteiger partial charge in [0.2, 0.25) is 29.5 Å². The number of hydrogen-bond donors (Lipinski definition) is 7. The van der Waals surface area contributed by atoms with Gasteiger partial charge in [0.15, 0.2) is 0 Å². The van der Waals surface area contributed by atoms with E-state index in [0.29, 0.717) is 24.7 Å². The summed E-state index contributed by atoms with van der Waals surface area (Å²) in [5.41, 5.74) is 6.08. The highest BCUT2D eigenvalue weighted by Crippen LogP contribution is 2.66. The molecule has 2 heterocycles. The maximum atomic E-state index is 14.3. The number of hydrogen-bond acceptors (Lipinski definition) is 10. The second kappa shape index (κ2) is 18.4. The van der Waals surface area contributed by atoms with Gasteiger partial charge in [0.25, 0.3) is 0 Å². The molecular formula is C41H61BN6O11. The SMILES string of the molecule is CC(C)[C@H](NC(=O)[C@H](CCC(=O)O)NC(=O)[C@@H](N)CC(=O)O)C(=O)N[C@H](C(=O)N1CCC[C@H]1C(=O)N[C@H](B1O[C@@H]2C[C@@H]3C[C@H](C3(C)C)[C@]2(C)O1)c1ccccc1)C(C)C. The van der Waals surface area contributed by atoms with Gasteiger partial charge < -0.3 is 51.4 Å². The number of aliphatic carboxylic acids is 2. The molecule has 2 aliphatic heterocycles. The van der Waals surface area contributed by atoms with Crippen molar-refractivity contribution in [3.8, 4) is 0 Å². The molecule has 5 aliphatic rings. The number of nitrogens with zero attached hydrogens (tertiary/aromatic N) is 1. The number of carboxylic acids is 2. The van der Waals surface area contributed by atoms with Crippen LogP contribution in [0, 0.1) is 29.1 Å². The predicted octanol–water partition coefficient (Wildman–Crippen LogP) is 1.54. The fraction of sp³-hybridized carbons (Fsp3) is 0.683. The highest BCUT2D eigenvalue weighted by atomic mass is 16.7. The Morgan fingerprint density at radius 3 is 2.10 bits per heavy atom. The molecule has 0 aromatic heterocycles. The van der Waals surface area contributed by atoms with E-state index in [4.69, 9.17) is 20.1 Å². The van der Waals surface area contributed by atoms with Crippen LogP contribution in [0.4, 0.5) is 0 Å². The Hall–Kier alpha value is -4.55. The molecule has 0 spiro atoms. The second-order valence-electron chi connectivity index (χ2n) is 18.1. The molecule has 8 N–H and O–H groups in total. The summed E-state index contributed by atoms with van der Waals surface area (Å²) in [5, 5.41) is 29.1. The normalized spacial score (nSPS) is 26.7. The van der Waals surface area contributed by atoms with Gasteiger partial charge in [-0.1, -0.05) is 71.9 Å². The van der Waals surface area contributed by atoms with Crippen molar-refractivity contribution in [2.45, 2.75) is 141 Å². The van der Waals surface area contributed by atoms with E-state index in [1.807, 2.05) is 30.3 Å². The minimum atomic E-state index is -1.51. The van der Waals surface area contributed by atoms with Crippen LogP contribution in [0.2, 0.25) is 0 Å². The summed E-state index contributed by atoms with van der Waals surface area (Å²) in [7, 11) is -0.749. The highest BCUT2D eigenvalue weighted by Gasteiger charge is 2.68. The summed E-state index contributed by atoms with van der Waals surface area (Å²) in [6.45, 7) is 13.8. The molecule has 10 atom stereocenters. The lowest BCUT2D eigenvalue weighted by Crippen LogP contribution is -2.65. The third-order valence-corrected chi connectivity index (χ3v) is 13.0. The van der Waals surface area contributed by atoms with Crippen molar-refractivity contribution >= 4 is 48.6 Å². The van der Waals surface area contributed by atoms with Gasteiger partial charge >= 0.3 is 19.1 Å². The molecule has 59 heavy (non-hydrogen) atoms. The van der Waals surface area contributed by atoms with Gasteiger partial charge in [-0.2, -0.15) is 0 Å². The average molecular weight is 825 g/mol. The minimum Gasteiger partial charge on any atom is -0.481 e. The Kier molecular flexibility index (Phi) is 14.2. The van der Waals surface area contributed by atoms with E-state index >= 15 is 0 Å². The van der Waals surface area contributed by atoms with Gasteiger partial charge in [-0.3, -0.25) is 33.6 Å².